The molecule has 1 aromatic heterocycles. The minimum absolute atomic E-state index is 0.679. The number of pyridine rings is 1. The Labute approximate surface area is 125 Å². The van der Waals surface area contributed by atoms with Gasteiger partial charge in [0.2, 0.25) is 0 Å². The summed E-state index contributed by atoms with van der Waals surface area (Å²) in [7, 11) is 0. The highest BCUT2D eigenvalue weighted by Crippen LogP contribution is 2.40. The topological polar surface area (TPSA) is 50.2 Å². The molecule has 1 saturated carbocycles. The fourth-order valence-corrected chi connectivity index (χ4v) is 3.60. The van der Waals surface area contributed by atoms with E-state index in [4.69, 9.17) is 0 Å². The number of carboxylic acids is 1. The van der Waals surface area contributed by atoms with Crippen LogP contribution in [0.2, 0.25) is 0 Å². The lowest BCUT2D eigenvalue weighted by Crippen LogP contribution is -2.37. The lowest BCUT2D eigenvalue weighted by atomic mass is 9.69. The Hall–Kier alpha value is -1.90. The van der Waals surface area contributed by atoms with Crippen molar-refractivity contribution in [3.05, 3.63) is 41.7 Å². The highest BCUT2D eigenvalue weighted by molar-refractivity contribution is 5.88. The van der Waals surface area contributed by atoms with Crippen molar-refractivity contribution in [1.82, 2.24) is 4.98 Å². The lowest BCUT2D eigenvalue weighted by Gasteiger charge is -2.33. The number of hydrogen-bond donors (Lipinski definition) is 1. The van der Waals surface area contributed by atoms with Gasteiger partial charge in [0.05, 0.1) is 5.41 Å². The van der Waals surface area contributed by atoms with Gasteiger partial charge in [-0.15, -0.1) is 0 Å². The molecule has 3 heteroatoms. The van der Waals surface area contributed by atoms with E-state index in [0.717, 1.165) is 49.5 Å². The SMILES string of the molecule is CCc1cncc2cc(C3(C(=O)O)CCCCC3)ccc12. The number of aromatic nitrogens is 1. The summed E-state index contributed by atoms with van der Waals surface area (Å²) in [6.07, 6.45) is 9.31. The summed E-state index contributed by atoms with van der Waals surface area (Å²) in [4.78, 5) is 16.2. The molecule has 0 bridgehead atoms. The molecule has 1 aliphatic carbocycles. The van der Waals surface area contributed by atoms with Crippen LogP contribution >= 0.6 is 0 Å². The summed E-state index contributed by atoms with van der Waals surface area (Å²) in [6.45, 7) is 2.12. The van der Waals surface area contributed by atoms with Crippen molar-refractivity contribution in [3.63, 3.8) is 0 Å². The quantitative estimate of drug-likeness (QED) is 0.923. The maximum absolute atomic E-state index is 11.9. The molecule has 0 aliphatic heterocycles. The van der Waals surface area contributed by atoms with E-state index in [1.54, 1.807) is 0 Å². The van der Waals surface area contributed by atoms with Gasteiger partial charge in [0.1, 0.15) is 0 Å². The number of carboxylic acid groups (broad SMARTS) is 1. The molecule has 21 heavy (non-hydrogen) atoms. The summed E-state index contributed by atoms with van der Waals surface area (Å²) in [5, 5.41) is 12.0. The zero-order chi connectivity index (χ0) is 14.9. The predicted octanol–water partition coefficient (Wildman–Crippen LogP) is 4.08. The molecule has 3 nitrogen and oxygen atoms in total. The zero-order valence-electron chi connectivity index (χ0n) is 12.4. The van der Waals surface area contributed by atoms with Crippen LogP contribution in [-0.4, -0.2) is 16.1 Å². The third kappa shape index (κ3) is 2.31. The second-order valence-corrected chi connectivity index (χ2v) is 6.04. The van der Waals surface area contributed by atoms with Crippen molar-refractivity contribution in [2.45, 2.75) is 50.9 Å². The first-order valence-corrected chi connectivity index (χ1v) is 7.78. The van der Waals surface area contributed by atoms with E-state index in [1.165, 1.54) is 10.9 Å². The maximum Gasteiger partial charge on any atom is 0.314 e. The Kier molecular flexibility index (Phi) is 3.66. The fraction of sp³-hybridized carbons (Fsp3) is 0.444. The summed E-state index contributed by atoms with van der Waals surface area (Å²) in [5.74, 6) is -0.679. The molecular weight excluding hydrogens is 262 g/mol. The molecule has 1 aromatic carbocycles. The summed E-state index contributed by atoms with van der Waals surface area (Å²) in [6, 6.07) is 6.13. The number of nitrogens with zero attached hydrogens (tertiary/aromatic N) is 1. The van der Waals surface area contributed by atoms with Crippen molar-refractivity contribution in [2.24, 2.45) is 0 Å². The molecule has 0 amide bonds. The van der Waals surface area contributed by atoms with Crippen molar-refractivity contribution in [3.8, 4) is 0 Å². The third-order valence-electron chi connectivity index (χ3n) is 4.89. The van der Waals surface area contributed by atoms with Crippen LogP contribution < -0.4 is 0 Å². The molecule has 0 atom stereocenters. The van der Waals surface area contributed by atoms with Gasteiger partial charge in [-0.3, -0.25) is 9.78 Å². The van der Waals surface area contributed by atoms with E-state index < -0.39 is 11.4 Å². The number of rotatable bonds is 3. The van der Waals surface area contributed by atoms with Crippen molar-refractivity contribution < 1.29 is 9.90 Å². The van der Waals surface area contributed by atoms with E-state index in [9.17, 15) is 9.90 Å². The third-order valence-corrected chi connectivity index (χ3v) is 4.89. The van der Waals surface area contributed by atoms with Gasteiger partial charge in [0, 0.05) is 17.8 Å². The smallest absolute Gasteiger partial charge is 0.314 e. The molecule has 0 spiro atoms. The van der Waals surface area contributed by atoms with Gasteiger partial charge in [0.25, 0.3) is 0 Å². The number of benzene rings is 1. The van der Waals surface area contributed by atoms with Crippen molar-refractivity contribution in [2.75, 3.05) is 0 Å². The average molecular weight is 283 g/mol. The summed E-state index contributed by atoms with van der Waals surface area (Å²) >= 11 is 0. The highest BCUT2D eigenvalue weighted by atomic mass is 16.4. The first kappa shape index (κ1) is 14.1. The Balaban J connectivity index is 2.13. The standard InChI is InChI=1S/C18H21NO2/c1-2-13-11-19-12-14-10-15(6-7-16(13)14)18(17(20)21)8-4-3-5-9-18/h6-7,10-12H,2-5,8-9H2,1H3,(H,20,21). The molecule has 0 saturated heterocycles. The number of carbonyl (C=O) groups is 1. The molecule has 110 valence electrons. The van der Waals surface area contributed by atoms with E-state index in [-0.39, 0.29) is 0 Å². The van der Waals surface area contributed by atoms with E-state index in [1.807, 2.05) is 24.5 Å². The van der Waals surface area contributed by atoms with Crippen LogP contribution in [0.25, 0.3) is 10.8 Å². The van der Waals surface area contributed by atoms with Crippen molar-refractivity contribution in [1.29, 1.82) is 0 Å². The lowest BCUT2D eigenvalue weighted by molar-refractivity contribution is -0.145. The molecule has 3 rings (SSSR count). The van der Waals surface area contributed by atoms with Crippen LogP contribution in [0, 0.1) is 0 Å². The molecule has 1 aliphatic rings. The van der Waals surface area contributed by atoms with Gasteiger partial charge in [-0.1, -0.05) is 38.3 Å². The first-order chi connectivity index (χ1) is 10.2. The maximum atomic E-state index is 11.9. The molecule has 1 N–H and O–H groups in total. The normalized spacial score (nSPS) is 17.8. The predicted molar refractivity (Wildman–Crippen MR) is 83.5 cm³/mol. The van der Waals surface area contributed by atoms with Gasteiger partial charge in [-0.25, -0.2) is 0 Å². The van der Waals surface area contributed by atoms with Crippen LogP contribution in [0.15, 0.2) is 30.6 Å². The molecule has 0 unspecified atom stereocenters. The van der Waals surface area contributed by atoms with E-state index in [2.05, 4.69) is 18.0 Å². The van der Waals surface area contributed by atoms with E-state index in [0.29, 0.717) is 0 Å². The van der Waals surface area contributed by atoms with Gasteiger partial charge in [-0.2, -0.15) is 0 Å². The van der Waals surface area contributed by atoms with Gasteiger partial charge in [-0.05, 0) is 41.8 Å². The van der Waals surface area contributed by atoms with E-state index >= 15 is 0 Å². The first-order valence-electron chi connectivity index (χ1n) is 7.78. The largest absolute Gasteiger partial charge is 0.481 e. The van der Waals surface area contributed by atoms with Crippen molar-refractivity contribution >= 4 is 16.7 Å². The molecule has 2 aromatic rings. The van der Waals surface area contributed by atoms with Crippen LogP contribution in [0.1, 0.15) is 50.2 Å². The number of hydrogen-bond acceptors (Lipinski definition) is 2. The van der Waals surface area contributed by atoms with Crippen LogP contribution in [0.3, 0.4) is 0 Å². The fourth-order valence-electron chi connectivity index (χ4n) is 3.60. The highest BCUT2D eigenvalue weighted by Gasteiger charge is 2.41. The second-order valence-electron chi connectivity index (χ2n) is 6.04. The molecule has 1 fully saturated rings. The monoisotopic (exact) mass is 283 g/mol. The molecule has 1 heterocycles. The van der Waals surface area contributed by atoms with Gasteiger partial charge < -0.3 is 5.11 Å². The number of fused-ring (bicyclic) bond motifs is 1. The average Bonchev–Trinajstić information content (AvgIpc) is 2.54. The Morgan fingerprint density at radius 3 is 2.67 bits per heavy atom. The summed E-state index contributed by atoms with van der Waals surface area (Å²) in [5.41, 5.74) is 1.46. The minimum Gasteiger partial charge on any atom is -0.481 e. The minimum atomic E-state index is -0.700. The Morgan fingerprint density at radius 2 is 2.00 bits per heavy atom. The summed E-state index contributed by atoms with van der Waals surface area (Å²) < 4.78 is 0. The molecular formula is C18H21NO2. The molecule has 0 radical (unpaired) electrons. The van der Waals surface area contributed by atoms with Gasteiger partial charge >= 0.3 is 5.97 Å². The van der Waals surface area contributed by atoms with Crippen LogP contribution in [0.5, 0.6) is 0 Å². The second kappa shape index (κ2) is 5.47. The van der Waals surface area contributed by atoms with Crippen LogP contribution in [-0.2, 0) is 16.6 Å². The Morgan fingerprint density at radius 1 is 1.24 bits per heavy atom. The Bertz CT molecular complexity index is 672. The van der Waals surface area contributed by atoms with Crippen LogP contribution in [0.4, 0.5) is 0 Å². The van der Waals surface area contributed by atoms with Gasteiger partial charge in [0.15, 0.2) is 0 Å². The number of aryl methyl sites for hydroxylation is 1. The zero-order valence-corrected chi connectivity index (χ0v) is 12.4. The number of aliphatic carboxylic acids is 1.